The molecule has 1 fully saturated rings. The Morgan fingerprint density at radius 2 is 2.00 bits per heavy atom. The summed E-state index contributed by atoms with van der Waals surface area (Å²) in [7, 11) is 0. The van der Waals surface area contributed by atoms with Crippen LogP contribution in [-0.2, 0) is 10.2 Å². The first-order valence-electron chi connectivity index (χ1n) is 6.40. The van der Waals surface area contributed by atoms with Gasteiger partial charge in [0.25, 0.3) is 0 Å². The summed E-state index contributed by atoms with van der Waals surface area (Å²) in [5.41, 5.74) is 2.07. The van der Waals surface area contributed by atoms with Crippen LogP contribution in [0.3, 0.4) is 0 Å². The van der Waals surface area contributed by atoms with Gasteiger partial charge in [-0.15, -0.1) is 11.8 Å². The Morgan fingerprint density at radius 3 is 2.56 bits per heavy atom. The molecule has 0 N–H and O–H groups in total. The molecule has 1 aliphatic rings. The normalized spacial score (nSPS) is 16.2. The maximum atomic E-state index is 11.7. The van der Waals surface area contributed by atoms with Crippen LogP contribution < -0.4 is 0 Å². The SMILES string of the molecule is CC#CCC(C=O)(CC=C1CC1)c1ccccc1. The van der Waals surface area contributed by atoms with E-state index in [-0.39, 0.29) is 0 Å². The zero-order chi connectivity index (χ0) is 12.8. The Kier molecular flexibility index (Phi) is 3.99. The maximum absolute atomic E-state index is 11.7. The van der Waals surface area contributed by atoms with Crippen molar-refractivity contribution in [2.24, 2.45) is 0 Å². The molecule has 0 heterocycles. The second kappa shape index (κ2) is 5.69. The smallest absolute Gasteiger partial charge is 0.131 e. The van der Waals surface area contributed by atoms with Crippen LogP contribution in [0.25, 0.3) is 0 Å². The van der Waals surface area contributed by atoms with Crippen molar-refractivity contribution in [2.75, 3.05) is 0 Å². The third-order valence-corrected chi connectivity index (χ3v) is 3.45. The third-order valence-electron chi connectivity index (χ3n) is 3.45. The highest BCUT2D eigenvalue weighted by atomic mass is 16.1. The molecule has 92 valence electrons. The topological polar surface area (TPSA) is 17.1 Å². The van der Waals surface area contributed by atoms with E-state index in [4.69, 9.17) is 0 Å². The molecule has 0 aromatic heterocycles. The number of hydrogen-bond donors (Lipinski definition) is 0. The highest BCUT2D eigenvalue weighted by Crippen LogP contribution is 2.34. The number of carbonyl (C=O) groups is 1. The fraction of sp³-hybridized carbons (Fsp3) is 0.353. The molecule has 1 heteroatoms. The van der Waals surface area contributed by atoms with Gasteiger partial charge in [0.15, 0.2) is 0 Å². The maximum Gasteiger partial charge on any atom is 0.131 e. The first-order chi connectivity index (χ1) is 8.80. The van der Waals surface area contributed by atoms with Crippen LogP contribution in [0.4, 0.5) is 0 Å². The zero-order valence-corrected chi connectivity index (χ0v) is 10.8. The summed E-state index contributed by atoms with van der Waals surface area (Å²) >= 11 is 0. The molecule has 1 atom stereocenters. The molecule has 2 rings (SSSR count). The van der Waals surface area contributed by atoms with Crippen molar-refractivity contribution >= 4 is 6.29 Å². The van der Waals surface area contributed by atoms with Crippen LogP contribution >= 0.6 is 0 Å². The van der Waals surface area contributed by atoms with Gasteiger partial charge in [-0.3, -0.25) is 0 Å². The molecule has 1 aliphatic carbocycles. The molecule has 0 bridgehead atoms. The third kappa shape index (κ3) is 2.90. The van der Waals surface area contributed by atoms with E-state index in [0.29, 0.717) is 6.42 Å². The summed E-state index contributed by atoms with van der Waals surface area (Å²) in [6, 6.07) is 9.99. The Bertz CT molecular complexity index is 495. The molecule has 0 saturated heterocycles. The van der Waals surface area contributed by atoms with E-state index in [1.165, 1.54) is 18.4 Å². The summed E-state index contributed by atoms with van der Waals surface area (Å²) in [5.74, 6) is 5.97. The molecule has 18 heavy (non-hydrogen) atoms. The number of carbonyl (C=O) groups excluding carboxylic acids is 1. The van der Waals surface area contributed by atoms with Gasteiger partial charge in [0.1, 0.15) is 6.29 Å². The van der Waals surface area contributed by atoms with Crippen molar-refractivity contribution in [3.05, 3.63) is 47.5 Å². The standard InChI is InChI=1S/C17H18O/c1-2-3-12-17(14-18,13-11-15-9-10-15)16-7-5-4-6-8-16/h4-8,11,14H,9-10,12-13H2,1H3. The van der Waals surface area contributed by atoms with E-state index in [0.717, 1.165) is 18.3 Å². The van der Waals surface area contributed by atoms with Gasteiger partial charge < -0.3 is 4.79 Å². The van der Waals surface area contributed by atoms with Gasteiger partial charge in [-0.1, -0.05) is 42.0 Å². The minimum atomic E-state index is -0.472. The molecule has 1 aromatic carbocycles. The quantitative estimate of drug-likeness (QED) is 0.435. The Balaban J connectivity index is 2.31. The minimum absolute atomic E-state index is 0.472. The fourth-order valence-corrected chi connectivity index (χ4v) is 2.07. The first-order valence-corrected chi connectivity index (χ1v) is 6.40. The predicted octanol–water partition coefficient (Wildman–Crippen LogP) is 3.65. The Hall–Kier alpha value is -1.81. The minimum Gasteiger partial charge on any atom is -0.302 e. The number of hydrogen-bond acceptors (Lipinski definition) is 1. The molecular formula is C17H18O. The Labute approximate surface area is 109 Å². The van der Waals surface area contributed by atoms with Crippen molar-refractivity contribution in [2.45, 2.75) is 38.0 Å². The van der Waals surface area contributed by atoms with Gasteiger partial charge in [0, 0.05) is 6.42 Å². The largest absolute Gasteiger partial charge is 0.302 e. The lowest BCUT2D eigenvalue weighted by molar-refractivity contribution is -0.112. The van der Waals surface area contributed by atoms with Crippen LogP contribution in [0.5, 0.6) is 0 Å². The molecular weight excluding hydrogens is 220 g/mol. The molecule has 0 spiro atoms. The predicted molar refractivity (Wildman–Crippen MR) is 74.2 cm³/mol. The average Bonchev–Trinajstić information content (AvgIpc) is 3.25. The van der Waals surface area contributed by atoms with Crippen molar-refractivity contribution in [1.29, 1.82) is 0 Å². The number of allylic oxidation sites excluding steroid dienone is 2. The summed E-state index contributed by atoms with van der Waals surface area (Å²) in [5, 5.41) is 0. The van der Waals surface area contributed by atoms with Gasteiger partial charge in [-0.25, -0.2) is 0 Å². The second-order valence-corrected chi connectivity index (χ2v) is 4.81. The molecule has 0 amide bonds. The first kappa shape index (κ1) is 12.6. The number of benzene rings is 1. The summed E-state index contributed by atoms with van der Waals surface area (Å²) in [6.07, 6.45) is 7.06. The van der Waals surface area contributed by atoms with Crippen LogP contribution in [0.15, 0.2) is 42.0 Å². The van der Waals surface area contributed by atoms with Crippen LogP contribution in [0.1, 0.15) is 38.2 Å². The highest BCUT2D eigenvalue weighted by molar-refractivity contribution is 5.70. The molecule has 1 nitrogen and oxygen atoms in total. The highest BCUT2D eigenvalue weighted by Gasteiger charge is 2.30. The summed E-state index contributed by atoms with van der Waals surface area (Å²) in [4.78, 5) is 11.7. The van der Waals surface area contributed by atoms with E-state index in [1.807, 2.05) is 37.3 Å². The van der Waals surface area contributed by atoms with Gasteiger partial charge in [0.2, 0.25) is 0 Å². The van der Waals surface area contributed by atoms with Crippen molar-refractivity contribution in [1.82, 2.24) is 0 Å². The van der Waals surface area contributed by atoms with Crippen molar-refractivity contribution < 1.29 is 4.79 Å². The fourth-order valence-electron chi connectivity index (χ4n) is 2.07. The summed E-state index contributed by atoms with van der Waals surface area (Å²) < 4.78 is 0. The molecule has 0 radical (unpaired) electrons. The lowest BCUT2D eigenvalue weighted by atomic mass is 9.76. The van der Waals surface area contributed by atoms with E-state index in [2.05, 4.69) is 17.9 Å². The monoisotopic (exact) mass is 238 g/mol. The van der Waals surface area contributed by atoms with Gasteiger partial charge in [0.05, 0.1) is 5.41 Å². The van der Waals surface area contributed by atoms with E-state index < -0.39 is 5.41 Å². The molecule has 1 unspecified atom stereocenters. The lowest BCUT2D eigenvalue weighted by Crippen LogP contribution is -2.27. The van der Waals surface area contributed by atoms with Gasteiger partial charge in [-0.2, -0.15) is 0 Å². The molecule has 0 aliphatic heterocycles. The van der Waals surface area contributed by atoms with Crippen LogP contribution in [-0.4, -0.2) is 6.29 Å². The molecule has 1 aromatic rings. The number of aldehydes is 1. The summed E-state index contributed by atoms with van der Waals surface area (Å²) in [6.45, 7) is 1.82. The van der Waals surface area contributed by atoms with E-state index in [9.17, 15) is 4.79 Å². The second-order valence-electron chi connectivity index (χ2n) is 4.81. The Morgan fingerprint density at radius 1 is 1.28 bits per heavy atom. The van der Waals surface area contributed by atoms with Crippen LogP contribution in [0.2, 0.25) is 0 Å². The van der Waals surface area contributed by atoms with Crippen molar-refractivity contribution in [3.8, 4) is 11.8 Å². The van der Waals surface area contributed by atoms with Crippen molar-refractivity contribution in [3.63, 3.8) is 0 Å². The van der Waals surface area contributed by atoms with Gasteiger partial charge in [-0.05, 0) is 31.7 Å². The number of rotatable bonds is 5. The lowest BCUT2D eigenvalue weighted by Gasteiger charge is -2.25. The van der Waals surface area contributed by atoms with Gasteiger partial charge >= 0.3 is 0 Å². The molecule has 1 saturated carbocycles. The average molecular weight is 238 g/mol. The van der Waals surface area contributed by atoms with E-state index >= 15 is 0 Å². The zero-order valence-electron chi connectivity index (χ0n) is 10.8. The van der Waals surface area contributed by atoms with E-state index in [1.54, 1.807) is 0 Å². The van der Waals surface area contributed by atoms with Crippen LogP contribution in [0, 0.1) is 11.8 Å².